The first-order valence-electron chi connectivity index (χ1n) is 7.75. The first kappa shape index (κ1) is 17.4. The highest BCUT2D eigenvalue weighted by molar-refractivity contribution is 8.00. The van der Waals surface area contributed by atoms with E-state index in [4.69, 9.17) is 0 Å². The number of thioether (sulfide) groups is 1. The molecule has 1 aromatic heterocycles. The second-order valence-electron chi connectivity index (χ2n) is 5.53. The molecule has 128 valence electrons. The normalized spacial score (nSPS) is 10.5. The lowest BCUT2D eigenvalue weighted by molar-refractivity contribution is -0.114. The Morgan fingerprint density at radius 1 is 1.12 bits per heavy atom. The minimum Gasteiger partial charge on any atom is -0.330 e. The Bertz CT molecular complexity index is 862. The number of carbonyl (C=O) groups is 1. The van der Waals surface area contributed by atoms with Crippen molar-refractivity contribution in [2.24, 2.45) is 0 Å². The van der Waals surface area contributed by atoms with Gasteiger partial charge in [0.1, 0.15) is 0 Å². The van der Waals surface area contributed by atoms with Gasteiger partial charge in [0.25, 0.3) is 0 Å². The van der Waals surface area contributed by atoms with E-state index in [2.05, 4.69) is 52.0 Å². The average molecular weight is 371 g/mol. The fourth-order valence-corrected chi connectivity index (χ4v) is 3.88. The van der Waals surface area contributed by atoms with E-state index >= 15 is 0 Å². The molecule has 3 aromatic rings. The highest BCUT2D eigenvalue weighted by atomic mass is 32.2. The van der Waals surface area contributed by atoms with Gasteiger partial charge in [-0.15, -0.1) is 10.2 Å². The number of hydrogen-bond acceptors (Lipinski definition) is 6. The van der Waals surface area contributed by atoms with Crippen molar-refractivity contribution in [3.05, 3.63) is 59.7 Å². The van der Waals surface area contributed by atoms with E-state index in [-0.39, 0.29) is 5.91 Å². The molecule has 0 bridgehead atoms. The molecule has 0 aliphatic heterocycles. The summed E-state index contributed by atoms with van der Waals surface area (Å²) in [4.78, 5) is 11.1. The van der Waals surface area contributed by atoms with Gasteiger partial charge in [-0.25, -0.2) is 0 Å². The van der Waals surface area contributed by atoms with E-state index in [9.17, 15) is 4.79 Å². The van der Waals surface area contributed by atoms with Gasteiger partial charge in [-0.2, -0.15) is 0 Å². The molecule has 0 spiro atoms. The highest BCUT2D eigenvalue weighted by Gasteiger charge is 2.06. The van der Waals surface area contributed by atoms with Crippen LogP contribution in [0.5, 0.6) is 0 Å². The average Bonchev–Trinajstić information content (AvgIpc) is 3.01. The Hall–Kier alpha value is -2.38. The molecule has 3 rings (SSSR count). The number of nitrogens with zero attached hydrogens (tertiary/aromatic N) is 2. The van der Waals surface area contributed by atoms with Crippen LogP contribution in [0.1, 0.15) is 18.1 Å². The van der Waals surface area contributed by atoms with Gasteiger partial charge in [0.2, 0.25) is 11.0 Å². The summed E-state index contributed by atoms with van der Waals surface area (Å²) in [5.74, 6) is 0.773. The van der Waals surface area contributed by atoms with Gasteiger partial charge in [-0.3, -0.25) is 4.79 Å². The molecule has 1 amide bonds. The van der Waals surface area contributed by atoms with E-state index in [0.29, 0.717) is 0 Å². The van der Waals surface area contributed by atoms with Crippen LogP contribution >= 0.6 is 23.1 Å². The van der Waals surface area contributed by atoms with Gasteiger partial charge in [0.15, 0.2) is 4.34 Å². The zero-order chi connectivity index (χ0) is 17.6. The maximum Gasteiger partial charge on any atom is 0.221 e. The molecule has 0 fully saturated rings. The van der Waals surface area contributed by atoms with Gasteiger partial charge < -0.3 is 10.6 Å². The second-order valence-corrected chi connectivity index (χ2v) is 7.73. The molecule has 5 nitrogen and oxygen atoms in total. The fraction of sp³-hybridized carbons (Fsp3) is 0.167. The predicted octanol–water partition coefficient (Wildman–Crippen LogP) is 4.84. The molecule has 0 unspecified atom stereocenters. The predicted molar refractivity (Wildman–Crippen MR) is 105 cm³/mol. The van der Waals surface area contributed by atoms with Crippen LogP contribution in [0.2, 0.25) is 0 Å². The van der Waals surface area contributed by atoms with Crippen molar-refractivity contribution in [3.8, 4) is 0 Å². The molecule has 0 atom stereocenters. The summed E-state index contributed by atoms with van der Waals surface area (Å²) < 4.78 is 0.918. The highest BCUT2D eigenvalue weighted by Crippen LogP contribution is 2.30. The lowest BCUT2D eigenvalue weighted by Crippen LogP contribution is -2.05. The third-order valence-electron chi connectivity index (χ3n) is 3.32. The minimum atomic E-state index is -0.0946. The third-order valence-corrected chi connectivity index (χ3v) is 5.37. The van der Waals surface area contributed by atoms with E-state index in [1.54, 1.807) is 11.8 Å². The van der Waals surface area contributed by atoms with E-state index in [1.165, 1.54) is 29.4 Å². The number of aryl methyl sites for hydroxylation is 1. The third kappa shape index (κ3) is 5.30. The fourth-order valence-electron chi connectivity index (χ4n) is 2.15. The number of carbonyl (C=O) groups excluding carboxylic acids is 1. The Labute approximate surface area is 154 Å². The number of benzene rings is 2. The van der Waals surface area contributed by atoms with E-state index in [1.807, 2.05) is 24.3 Å². The number of rotatable bonds is 6. The standard InChI is InChI=1S/C18H18N4OS2/c1-12-6-8-14(9-7-12)11-24-18-22-21-17(25-18)20-16-5-3-4-15(10-16)19-13(2)23/h3-10H,11H2,1-2H3,(H,19,23)(H,20,21). The van der Waals surface area contributed by atoms with E-state index < -0.39 is 0 Å². The summed E-state index contributed by atoms with van der Waals surface area (Å²) in [5, 5.41) is 15.1. The van der Waals surface area contributed by atoms with Crippen LogP contribution in [0.4, 0.5) is 16.5 Å². The number of amides is 1. The molecular formula is C18H18N4OS2. The zero-order valence-electron chi connectivity index (χ0n) is 13.9. The monoisotopic (exact) mass is 370 g/mol. The summed E-state index contributed by atoms with van der Waals surface area (Å²) in [6.45, 7) is 3.57. The van der Waals surface area contributed by atoms with Crippen LogP contribution < -0.4 is 10.6 Å². The zero-order valence-corrected chi connectivity index (χ0v) is 15.6. The molecule has 0 saturated heterocycles. The molecular weight excluding hydrogens is 352 g/mol. The smallest absolute Gasteiger partial charge is 0.221 e. The summed E-state index contributed by atoms with van der Waals surface area (Å²) in [6, 6.07) is 16.0. The number of anilines is 3. The number of hydrogen-bond donors (Lipinski definition) is 2. The van der Waals surface area contributed by atoms with Gasteiger partial charge in [-0.1, -0.05) is 59.0 Å². The van der Waals surface area contributed by atoms with Gasteiger partial charge in [-0.05, 0) is 30.7 Å². The van der Waals surface area contributed by atoms with Gasteiger partial charge in [0.05, 0.1) is 0 Å². The Morgan fingerprint density at radius 3 is 2.64 bits per heavy atom. The minimum absolute atomic E-state index is 0.0946. The Morgan fingerprint density at radius 2 is 1.88 bits per heavy atom. The summed E-state index contributed by atoms with van der Waals surface area (Å²) in [5.41, 5.74) is 4.13. The topological polar surface area (TPSA) is 66.9 Å². The number of aromatic nitrogens is 2. The molecule has 0 radical (unpaired) electrons. The van der Waals surface area contributed by atoms with Crippen molar-refractivity contribution < 1.29 is 4.79 Å². The molecule has 1 heterocycles. The lowest BCUT2D eigenvalue weighted by atomic mass is 10.2. The van der Waals surface area contributed by atoms with Gasteiger partial charge in [0, 0.05) is 24.1 Å². The summed E-state index contributed by atoms with van der Waals surface area (Å²) in [7, 11) is 0. The first-order valence-corrected chi connectivity index (χ1v) is 9.55. The number of nitrogens with one attached hydrogen (secondary N) is 2. The SMILES string of the molecule is CC(=O)Nc1cccc(Nc2nnc(SCc3ccc(C)cc3)s2)c1. The first-order chi connectivity index (χ1) is 12.1. The Kier molecular flexibility index (Phi) is 5.67. The van der Waals surface area contributed by atoms with E-state index in [0.717, 1.165) is 26.6 Å². The molecule has 0 saturated carbocycles. The molecule has 0 aliphatic carbocycles. The molecule has 7 heteroatoms. The molecule has 2 aromatic carbocycles. The molecule has 2 N–H and O–H groups in total. The quantitative estimate of drug-likeness (QED) is 0.608. The maximum atomic E-state index is 11.1. The summed E-state index contributed by atoms with van der Waals surface area (Å²) >= 11 is 3.18. The van der Waals surface area contributed by atoms with Crippen LogP contribution in [0.3, 0.4) is 0 Å². The van der Waals surface area contributed by atoms with Crippen LogP contribution in [0, 0.1) is 6.92 Å². The van der Waals surface area contributed by atoms with Crippen LogP contribution in [-0.4, -0.2) is 16.1 Å². The van der Waals surface area contributed by atoms with Crippen LogP contribution in [0.25, 0.3) is 0 Å². The van der Waals surface area contributed by atoms with Crippen molar-refractivity contribution in [3.63, 3.8) is 0 Å². The van der Waals surface area contributed by atoms with Crippen LogP contribution in [0.15, 0.2) is 52.9 Å². The molecule has 25 heavy (non-hydrogen) atoms. The maximum absolute atomic E-state index is 11.1. The van der Waals surface area contributed by atoms with Crippen molar-refractivity contribution >= 4 is 45.5 Å². The van der Waals surface area contributed by atoms with Crippen molar-refractivity contribution in [1.29, 1.82) is 0 Å². The van der Waals surface area contributed by atoms with Crippen LogP contribution in [-0.2, 0) is 10.5 Å². The second kappa shape index (κ2) is 8.13. The van der Waals surface area contributed by atoms with Crippen molar-refractivity contribution in [1.82, 2.24) is 10.2 Å². The largest absolute Gasteiger partial charge is 0.330 e. The Balaban J connectivity index is 1.59. The lowest BCUT2D eigenvalue weighted by Gasteiger charge is -2.05. The van der Waals surface area contributed by atoms with Gasteiger partial charge >= 0.3 is 0 Å². The molecule has 0 aliphatic rings. The summed E-state index contributed by atoms with van der Waals surface area (Å²) in [6.07, 6.45) is 0. The van der Waals surface area contributed by atoms with Crippen molar-refractivity contribution in [2.75, 3.05) is 10.6 Å². The van der Waals surface area contributed by atoms with Crippen molar-refractivity contribution in [2.45, 2.75) is 23.9 Å².